The third-order valence-corrected chi connectivity index (χ3v) is 5.39. The molecule has 7 nitrogen and oxygen atoms in total. The topological polar surface area (TPSA) is 132 Å². The standard InChI is InChI=1S/C9H15O7P/c10-7(11)1-4-17(16,5-2-8(12)13)6-3-9(14)15/h16H,1-6H2,(H2-,10,11,12,13,14,15)/p+1. The molecule has 98 valence electrons. The van der Waals surface area contributed by atoms with Crippen molar-refractivity contribution >= 4 is 25.4 Å². The first-order valence-corrected chi connectivity index (χ1v) is 7.29. The predicted molar refractivity (Wildman–Crippen MR) is 60.5 cm³/mol. The largest absolute Gasteiger partial charge is 0.481 e. The molecule has 8 heteroatoms. The molecule has 0 saturated heterocycles. The zero-order valence-corrected chi connectivity index (χ0v) is 10.1. The number of aliphatic carboxylic acids is 3. The minimum atomic E-state index is -2.77. The molecule has 0 atom stereocenters. The Balaban J connectivity index is 4.37. The summed E-state index contributed by atoms with van der Waals surface area (Å²) in [4.78, 5) is 41.3. The molecule has 0 aromatic heterocycles. The van der Waals surface area contributed by atoms with Crippen LogP contribution >= 0.6 is 7.49 Å². The quantitative estimate of drug-likeness (QED) is 0.442. The van der Waals surface area contributed by atoms with E-state index in [1.807, 2.05) is 0 Å². The Morgan fingerprint density at radius 2 is 0.941 bits per heavy atom. The van der Waals surface area contributed by atoms with Crippen LogP contribution in [-0.2, 0) is 14.4 Å². The number of carboxylic acids is 3. The maximum Gasteiger partial charge on any atom is 0.307 e. The van der Waals surface area contributed by atoms with Crippen LogP contribution in [0.1, 0.15) is 19.3 Å². The van der Waals surface area contributed by atoms with Crippen molar-refractivity contribution in [2.24, 2.45) is 0 Å². The molecule has 0 saturated carbocycles. The smallest absolute Gasteiger partial charge is 0.307 e. The van der Waals surface area contributed by atoms with Crippen molar-refractivity contribution in [1.82, 2.24) is 0 Å². The van der Waals surface area contributed by atoms with Gasteiger partial charge in [-0.2, -0.15) is 0 Å². The van der Waals surface area contributed by atoms with E-state index in [1.165, 1.54) is 0 Å². The summed E-state index contributed by atoms with van der Waals surface area (Å²) in [6.07, 6.45) is -0.939. The second-order valence-electron chi connectivity index (χ2n) is 3.70. The molecule has 0 aliphatic rings. The first-order valence-electron chi connectivity index (χ1n) is 4.99. The molecule has 0 fully saturated rings. The van der Waals surface area contributed by atoms with Crippen LogP contribution in [0.5, 0.6) is 0 Å². The van der Waals surface area contributed by atoms with E-state index >= 15 is 0 Å². The lowest BCUT2D eigenvalue weighted by Crippen LogP contribution is -2.15. The highest BCUT2D eigenvalue weighted by molar-refractivity contribution is 7.70. The lowest BCUT2D eigenvalue weighted by Gasteiger charge is -2.18. The summed E-state index contributed by atoms with van der Waals surface area (Å²) in [5.41, 5.74) is 0. The van der Waals surface area contributed by atoms with E-state index < -0.39 is 25.4 Å². The van der Waals surface area contributed by atoms with Gasteiger partial charge in [-0.15, -0.1) is 0 Å². The molecule has 0 heterocycles. The van der Waals surface area contributed by atoms with Gasteiger partial charge in [-0.1, -0.05) is 0 Å². The van der Waals surface area contributed by atoms with Crippen LogP contribution in [0.4, 0.5) is 0 Å². The van der Waals surface area contributed by atoms with Crippen LogP contribution in [0.15, 0.2) is 0 Å². The van der Waals surface area contributed by atoms with Crippen molar-refractivity contribution in [3.05, 3.63) is 0 Å². The van der Waals surface area contributed by atoms with E-state index in [4.69, 9.17) is 15.3 Å². The lowest BCUT2D eigenvalue weighted by molar-refractivity contribution is -0.137. The van der Waals surface area contributed by atoms with Gasteiger partial charge < -0.3 is 15.3 Å². The third-order valence-electron chi connectivity index (χ3n) is 2.23. The van der Waals surface area contributed by atoms with Crippen LogP contribution in [0.2, 0.25) is 0 Å². The number of hydrogen-bond acceptors (Lipinski definition) is 4. The number of rotatable bonds is 9. The summed E-state index contributed by atoms with van der Waals surface area (Å²) in [5.74, 6) is -3.27. The van der Waals surface area contributed by atoms with Crippen molar-refractivity contribution in [2.75, 3.05) is 18.5 Å². The fourth-order valence-corrected chi connectivity index (χ4v) is 3.74. The molecule has 0 aliphatic heterocycles. The van der Waals surface area contributed by atoms with E-state index in [-0.39, 0.29) is 37.7 Å². The highest BCUT2D eigenvalue weighted by Gasteiger charge is 2.36. The lowest BCUT2D eigenvalue weighted by atomic mass is 10.5. The second-order valence-corrected chi connectivity index (χ2v) is 7.23. The summed E-state index contributed by atoms with van der Waals surface area (Å²) in [7, 11) is -2.77. The Hall–Kier alpha value is -1.20. The molecule has 0 radical (unpaired) electrons. The molecule has 0 bridgehead atoms. The fraction of sp³-hybridized carbons (Fsp3) is 0.667. The average molecular weight is 267 g/mol. The number of hydrogen-bond donors (Lipinski definition) is 4. The van der Waals surface area contributed by atoms with E-state index in [9.17, 15) is 19.3 Å². The van der Waals surface area contributed by atoms with E-state index in [0.29, 0.717) is 0 Å². The molecule has 0 spiro atoms. The van der Waals surface area contributed by atoms with Gasteiger partial charge in [-0.25, -0.2) is 0 Å². The third kappa shape index (κ3) is 8.59. The molecule has 0 amide bonds. The molecular formula is C9H16O7P+. The predicted octanol–water partition coefficient (Wildman–Crippen LogP) is 0.335. The summed E-state index contributed by atoms with van der Waals surface area (Å²) < 4.78 is 0. The first kappa shape index (κ1) is 15.8. The van der Waals surface area contributed by atoms with Crippen LogP contribution < -0.4 is 0 Å². The summed E-state index contributed by atoms with van der Waals surface area (Å²) in [6, 6.07) is 0. The van der Waals surface area contributed by atoms with Gasteiger partial charge in [0.15, 0.2) is 0 Å². The molecule has 0 aromatic rings. The van der Waals surface area contributed by atoms with E-state index in [0.717, 1.165) is 0 Å². The molecule has 0 aromatic carbocycles. The summed E-state index contributed by atoms with van der Waals surface area (Å²) in [5, 5.41) is 25.5. The molecule has 17 heavy (non-hydrogen) atoms. The van der Waals surface area contributed by atoms with Crippen molar-refractivity contribution in [1.29, 1.82) is 0 Å². The SMILES string of the molecule is O=C(O)CC[P+](O)(CCC(=O)O)CCC(=O)O. The van der Waals surface area contributed by atoms with Crippen molar-refractivity contribution in [3.8, 4) is 0 Å². The molecular weight excluding hydrogens is 251 g/mol. The molecule has 4 N–H and O–H groups in total. The van der Waals surface area contributed by atoms with Crippen molar-refractivity contribution in [3.63, 3.8) is 0 Å². The van der Waals surface area contributed by atoms with E-state index in [1.54, 1.807) is 0 Å². The Bertz CT molecular complexity index is 256. The first-order chi connectivity index (χ1) is 7.75. The van der Waals surface area contributed by atoms with Crippen LogP contribution in [-0.4, -0.2) is 56.6 Å². The van der Waals surface area contributed by atoms with Gasteiger partial charge in [0.25, 0.3) is 0 Å². The van der Waals surface area contributed by atoms with Crippen LogP contribution in [0, 0.1) is 0 Å². The fourth-order valence-electron chi connectivity index (χ4n) is 1.25. The number of carboxylic acid groups (broad SMARTS) is 3. The van der Waals surface area contributed by atoms with Gasteiger partial charge in [-0.05, 0) is 0 Å². The highest BCUT2D eigenvalue weighted by atomic mass is 31.2. The Labute approximate surface area is 98.5 Å². The monoisotopic (exact) mass is 267 g/mol. The van der Waals surface area contributed by atoms with Gasteiger partial charge in [0.2, 0.25) is 0 Å². The highest BCUT2D eigenvalue weighted by Crippen LogP contribution is 2.55. The maximum absolute atomic E-state index is 10.4. The van der Waals surface area contributed by atoms with E-state index in [2.05, 4.69) is 0 Å². The van der Waals surface area contributed by atoms with Gasteiger partial charge in [0.05, 0.1) is 37.7 Å². The average Bonchev–Trinajstić information content (AvgIpc) is 2.21. The van der Waals surface area contributed by atoms with Crippen LogP contribution in [0.25, 0.3) is 0 Å². The normalized spacial score (nSPS) is 11.1. The molecule has 0 rings (SSSR count). The van der Waals surface area contributed by atoms with Gasteiger partial charge in [0.1, 0.15) is 7.49 Å². The Morgan fingerprint density at radius 3 is 1.12 bits per heavy atom. The summed E-state index contributed by atoms with van der Waals surface area (Å²) in [6.45, 7) is 0. The summed E-state index contributed by atoms with van der Waals surface area (Å²) >= 11 is 0. The molecule has 0 unspecified atom stereocenters. The van der Waals surface area contributed by atoms with Gasteiger partial charge in [-0.3, -0.25) is 19.3 Å². The maximum atomic E-state index is 10.4. The Morgan fingerprint density at radius 1 is 0.706 bits per heavy atom. The van der Waals surface area contributed by atoms with Gasteiger partial charge in [0, 0.05) is 0 Å². The minimum absolute atomic E-state index is 0.0388. The van der Waals surface area contributed by atoms with Crippen LogP contribution in [0.3, 0.4) is 0 Å². The number of carbonyl (C=O) groups is 3. The van der Waals surface area contributed by atoms with Crippen molar-refractivity contribution in [2.45, 2.75) is 19.3 Å². The van der Waals surface area contributed by atoms with Crippen molar-refractivity contribution < 1.29 is 34.6 Å². The Kier molecular flexibility index (Phi) is 6.68. The van der Waals surface area contributed by atoms with Gasteiger partial charge >= 0.3 is 17.9 Å². The second kappa shape index (κ2) is 7.19. The minimum Gasteiger partial charge on any atom is -0.481 e. The molecule has 0 aliphatic carbocycles. The zero-order valence-electron chi connectivity index (χ0n) is 9.20. The zero-order chi connectivity index (χ0) is 13.5.